The zero-order valence-electron chi connectivity index (χ0n) is 26.6. The number of ether oxygens (including phenoxy) is 1. The lowest BCUT2D eigenvalue weighted by Crippen LogP contribution is -2.49. The molecule has 2 aliphatic rings. The summed E-state index contributed by atoms with van der Waals surface area (Å²) in [5.41, 5.74) is 5.96. The Labute approximate surface area is 275 Å². The lowest BCUT2D eigenvalue weighted by molar-refractivity contribution is 0.0716. The molecule has 5 heterocycles. The number of benzene rings is 1. The normalized spacial score (nSPS) is 15.2. The number of likely N-dealkylation sites (N-methyl/N-ethyl adjacent to an activating group) is 1. The molecule has 17 heteroatoms. The van der Waals surface area contributed by atoms with E-state index in [1.807, 2.05) is 28.8 Å². The van der Waals surface area contributed by atoms with E-state index < -0.39 is 17.6 Å². The fourth-order valence-electron chi connectivity index (χ4n) is 5.35. The van der Waals surface area contributed by atoms with Gasteiger partial charge in [0.15, 0.2) is 11.6 Å². The molecule has 252 valence electrons. The highest BCUT2D eigenvalue weighted by molar-refractivity contribution is 6.06. The molecule has 0 bridgehead atoms. The Morgan fingerprint density at radius 2 is 1.67 bits per heavy atom. The SMILES string of the molecule is CN(C)CCNC(=O)Nc1ccc(-c2nc(N3CCOCC3)nc(N3CCN(C(=O)c4cc5cc(F)cc(C(N)=O)c5o4)CC3)n2)cn1. The highest BCUT2D eigenvalue weighted by Crippen LogP contribution is 2.27. The molecule has 0 atom stereocenters. The molecule has 0 radical (unpaired) electrons. The van der Waals surface area contributed by atoms with Crippen molar-refractivity contribution in [3.8, 4) is 11.4 Å². The number of hydrogen-bond acceptors (Lipinski definition) is 12. The summed E-state index contributed by atoms with van der Waals surface area (Å²) in [5, 5.41) is 5.79. The molecular weight excluding hydrogens is 625 g/mol. The van der Waals surface area contributed by atoms with Crippen molar-refractivity contribution in [3.05, 3.63) is 53.7 Å². The number of rotatable bonds is 9. The van der Waals surface area contributed by atoms with E-state index in [0.717, 1.165) is 6.07 Å². The van der Waals surface area contributed by atoms with Gasteiger partial charge in [0, 0.05) is 69.5 Å². The number of nitrogens with zero attached hydrogens (tertiary/aromatic N) is 8. The zero-order valence-corrected chi connectivity index (χ0v) is 26.6. The van der Waals surface area contributed by atoms with E-state index in [-0.39, 0.29) is 28.3 Å². The van der Waals surface area contributed by atoms with Gasteiger partial charge in [0.05, 0.1) is 18.8 Å². The van der Waals surface area contributed by atoms with Crippen LogP contribution in [0.2, 0.25) is 0 Å². The third-order valence-corrected chi connectivity index (χ3v) is 7.92. The number of anilines is 3. The Hall–Kier alpha value is -5.42. The number of hydrogen-bond donors (Lipinski definition) is 3. The van der Waals surface area contributed by atoms with Crippen molar-refractivity contribution in [2.45, 2.75) is 0 Å². The summed E-state index contributed by atoms with van der Waals surface area (Å²) in [6.45, 7) is 5.04. The number of morpholine rings is 1. The lowest BCUT2D eigenvalue weighted by atomic mass is 10.1. The van der Waals surface area contributed by atoms with Gasteiger partial charge < -0.3 is 39.8 Å². The van der Waals surface area contributed by atoms with Crippen LogP contribution in [0.25, 0.3) is 22.4 Å². The van der Waals surface area contributed by atoms with Gasteiger partial charge >= 0.3 is 6.03 Å². The van der Waals surface area contributed by atoms with Crippen molar-refractivity contribution >= 4 is 46.5 Å². The van der Waals surface area contributed by atoms with E-state index in [2.05, 4.69) is 15.6 Å². The van der Waals surface area contributed by atoms with Crippen molar-refractivity contribution in [2.75, 3.05) is 94.8 Å². The number of halogens is 1. The predicted molar refractivity (Wildman–Crippen MR) is 174 cm³/mol. The molecule has 3 aromatic heterocycles. The van der Waals surface area contributed by atoms with Gasteiger partial charge in [-0.3, -0.25) is 14.9 Å². The predicted octanol–water partition coefficient (Wildman–Crippen LogP) is 1.40. The molecule has 0 unspecified atom stereocenters. The zero-order chi connectivity index (χ0) is 33.8. The fraction of sp³-hybridized carbons (Fsp3) is 0.387. The molecule has 0 saturated carbocycles. The summed E-state index contributed by atoms with van der Waals surface area (Å²) in [6, 6.07) is 6.71. The topological polar surface area (TPSA) is 188 Å². The van der Waals surface area contributed by atoms with Crippen molar-refractivity contribution in [2.24, 2.45) is 5.73 Å². The number of pyridine rings is 1. The molecule has 48 heavy (non-hydrogen) atoms. The van der Waals surface area contributed by atoms with Crippen LogP contribution in [0.15, 0.2) is 40.9 Å². The van der Waals surface area contributed by atoms with Gasteiger partial charge in [-0.25, -0.2) is 14.2 Å². The number of aromatic nitrogens is 4. The minimum absolute atomic E-state index is 0.0138. The van der Waals surface area contributed by atoms with Crippen molar-refractivity contribution < 1.29 is 27.9 Å². The van der Waals surface area contributed by atoms with Crippen molar-refractivity contribution in [1.29, 1.82) is 0 Å². The first kappa shape index (κ1) is 32.5. The third kappa shape index (κ3) is 7.42. The molecule has 0 aliphatic carbocycles. The quantitative estimate of drug-likeness (QED) is 0.234. The van der Waals surface area contributed by atoms with E-state index in [1.54, 1.807) is 23.2 Å². The fourth-order valence-corrected chi connectivity index (χ4v) is 5.35. The van der Waals surface area contributed by atoms with Gasteiger partial charge in [0.2, 0.25) is 11.9 Å². The maximum Gasteiger partial charge on any atom is 0.320 e. The molecule has 0 spiro atoms. The van der Waals surface area contributed by atoms with Crippen LogP contribution >= 0.6 is 0 Å². The van der Waals surface area contributed by atoms with E-state index in [0.29, 0.717) is 94.7 Å². The van der Waals surface area contributed by atoms with E-state index in [1.165, 1.54) is 12.1 Å². The van der Waals surface area contributed by atoms with Crippen LogP contribution in [0.4, 0.5) is 26.9 Å². The number of nitrogens with one attached hydrogen (secondary N) is 2. The van der Waals surface area contributed by atoms with E-state index in [4.69, 9.17) is 29.8 Å². The number of urea groups is 1. The number of fused-ring (bicyclic) bond motifs is 1. The van der Waals surface area contributed by atoms with Gasteiger partial charge in [-0.1, -0.05) is 0 Å². The largest absolute Gasteiger partial charge is 0.450 e. The van der Waals surface area contributed by atoms with Crippen molar-refractivity contribution in [1.82, 2.24) is 35.1 Å². The van der Waals surface area contributed by atoms with Gasteiger partial charge in [0.1, 0.15) is 17.2 Å². The Morgan fingerprint density at radius 3 is 2.31 bits per heavy atom. The Morgan fingerprint density at radius 1 is 0.958 bits per heavy atom. The Balaban J connectivity index is 1.17. The van der Waals surface area contributed by atoms with Crippen LogP contribution in [0.1, 0.15) is 20.9 Å². The molecule has 6 rings (SSSR count). The van der Waals surface area contributed by atoms with Crippen LogP contribution in [-0.4, -0.2) is 127 Å². The number of piperazine rings is 1. The molecule has 4 aromatic rings. The second-order valence-electron chi connectivity index (χ2n) is 11.6. The van der Waals surface area contributed by atoms with Crippen molar-refractivity contribution in [3.63, 3.8) is 0 Å². The maximum atomic E-state index is 14.0. The van der Waals surface area contributed by atoms with Gasteiger partial charge in [-0.05, 0) is 44.4 Å². The second-order valence-corrected chi connectivity index (χ2v) is 11.6. The molecule has 1 aromatic carbocycles. The summed E-state index contributed by atoms with van der Waals surface area (Å²) >= 11 is 0. The van der Waals surface area contributed by atoms with Crippen LogP contribution in [0.3, 0.4) is 0 Å². The minimum Gasteiger partial charge on any atom is -0.450 e. The Bertz CT molecular complexity index is 1800. The summed E-state index contributed by atoms with van der Waals surface area (Å²) in [4.78, 5) is 63.6. The number of amides is 4. The molecular formula is C31H36FN11O5. The number of primary amides is 1. The average molecular weight is 662 g/mol. The van der Waals surface area contributed by atoms with Gasteiger partial charge in [-0.2, -0.15) is 15.0 Å². The number of carbonyl (C=O) groups excluding carboxylic acids is 3. The lowest BCUT2D eigenvalue weighted by Gasteiger charge is -2.35. The highest BCUT2D eigenvalue weighted by atomic mass is 19.1. The summed E-state index contributed by atoms with van der Waals surface area (Å²) in [7, 11) is 3.85. The smallest absolute Gasteiger partial charge is 0.320 e. The molecule has 4 N–H and O–H groups in total. The third-order valence-electron chi connectivity index (χ3n) is 7.92. The van der Waals surface area contributed by atoms with Crippen LogP contribution in [0, 0.1) is 5.82 Å². The number of furan rings is 1. The molecule has 16 nitrogen and oxygen atoms in total. The monoisotopic (exact) mass is 661 g/mol. The maximum absolute atomic E-state index is 14.0. The Kier molecular flexibility index (Phi) is 9.58. The van der Waals surface area contributed by atoms with Gasteiger partial charge in [0.25, 0.3) is 11.8 Å². The molecule has 2 aliphatic heterocycles. The summed E-state index contributed by atoms with van der Waals surface area (Å²) in [6.07, 6.45) is 1.59. The number of carbonyl (C=O) groups is 3. The standard InChI is InChI=1S/C31H36FN11O5/c1-40(2)6-5-34-31(46)36-24-4-3-19(18-35-24)27-37-29(39-30(38-27)43-11-13-47-14-12-43)42-9-7-41(8-10-42)28(45)23-16-20-15-21(32)17-22(26(33)44)25(20)48-23/h3-4,15-18H,5-14H2,1-2H3,(H2,33,44)(H2,34,35,36,46). The van der Waals surface area contributed by atoms with Gasteiger partial charge in [-0.15, -0.1) is 0 Å². The first-order valence-corrected chi connectivity index (χ1v) is 15.5. The summed E-state index contributed by atoms with van der Waals surface area (Å²) < 4.78 is 25.2. The second kappa shape index (κ2) is 14.1. The first-order chi connectivity index (χ1) is 23.1. The van der Waals surface area contributed by atoms with E-state index in [9.17, 15) is 18.8 Å². The first-order valence-electron chi connectivity index (χ1n) is 15.5. The number of nitrogens with two attached hydrogens (primary N) is 1. The van der Waals surface area contributed by atoms with Crippen LogP contribution in [0.5, 0.6) is 0 Å². The summed E-state index contributed by atoms with van der Waals surface area (Å²) in [5.74, 6) is -0.172. The van der Waals surface area contributed by atoms with Crippen LogP contribution in [-0.2, 0) is 4.74 Å². The molecule has 2 saturated heterocycles. The van der Waals surface area contributed by atoms with Crippen LogP contribution < -0.4 is 26.2 Å². The average Bonchev–Trinajstić information content (AvgIpc) is 3.52. The minimum atomic E-state index is -0.850. The molecule has 2 fully saturated rings. The van der Waals surface area contributed by atoms with E-state index >= 15 is 0 Å². The highest BCUT2D eigenvalue weighted by Gasteiger charge is 2.28. The molecule has 4 amide bonds.